The Hall–Kier alpha value is -0.810. The van der Waals surface area contributed by atoms with Crippen LogP contribution in [0.5, 0.6) is 0 Å². The van der Waals surface area contributed by atoms with Crippen LogP contribution in [0.4, 0.5) is 4.79 Å². The lowest BCUT2D eigenvalue weighted by Crippen LogP contribution is -2.52. The number of rotatable bonds is 4. The molecular weight excluding hydrogens is 218 g/mol. The Bertz CT molecular complexity index is 306. The van der Waals surface area contributed by atoms with Crippen LogP contribution in [0.25, 0.3) is 0 Å². The second kappa shape index (κ2) is 4.46. The standard InChI is InChI=1S/C12H21N3O2/c1-17-7-6-15-11-4-5-14(9-2-3-9)8-10(11)13-12(15)16/h9-11H,2-8H2,1H3,(H,13,16)/t10-,11+/m0/s1. The second-order valence-corrected chi connectivity index (χ2v) is 5.32. The van der Waals surface area contributed by atoms with Crippen molar-refractivity contribution in [1.82, 2.24) is 15.1 Å². The normalized spacial score (nSPS) is 33.7. The van der Waals surface area contributed by atoms with Gasteiger partial charge in [0.15, 0.2) is 0 Å². The van der Waals surface area contributed by atoms with E-state index in [1.54, 1.807) is 7.11 Å². The van der Waals surface area contributed by atoms with Crippen LogP contribution in [0.15, 0.2) is 0 Å². The lowest BCUT2D eigenvalue weighted by Gasteiger charge is -2.36. The summed E-state index contributed by atoms with van der Waals surface area (Å²) in [6, 6.07) is 1.61. The first-order valence-corrected chi connectivity index (χ1v) is 6.59. The summed E-state index contributed by atoms with van der Waals surface area (Å²) in [5.41, 5.74) is 0. The number of amides is 2. The van der Waals surface area contributed by atoms with E-state index < -0.39 is 0 Å². The first kappa shape index (κ1) is 11.3. The molecule has 0 unspecified atom stereocenters. The van der Waals surface area contributed by atoms with Crippen LogP contribution in [0.2, 0.25) is 0 Å². The summed E-state index contributed by atoms with van der Waals surface area (Å²) in [6.45, 7) is 3.52. The van der Waals surface area contributed by atoms with Gasteiger partial charge < -0.3 is 15.0 Å². The quantitative estimate of drug-likeness (QED) is 0.765. The predicted octanol–water partition coefficient (Wildman–Crippen LogP) is 0.263. The highest BCUT2D eigenvalue weighted by Crippen LogP contribution is 2.32. The highest BCUT2D eigenvalue weighted by atomic mass is 16.5. The molecule has 0 radical (unpaired) electrons. The fourth-order valence-corrected chi connectivity index (χ4v) is 3.10. The summed E-state index contributed by atoms with van der Waals surface area (Å²) in [5, 5.41) is 3.12. The molecule has 3 fully saturated rings. The lowest BCUT2D eigenvalue weighted by atomic mass is 10.00. The van der Waals surface area contributed by atoms with Gasteiger partial charge in [-0.1, -0.05) is 0 Å². The zero-order chi connectivity index (χ0) is 11.8. The smallest absolute Gasteiger partial charge is 0.318 e. The van der Waals surface area contributed by atoms with Gasteiger partial charge in [0.2, 0.25) is 0 Å². The van der Waals surface area contributed by atoms with Gasteiger partial charge in [-0.05, 0) is 19.3 Å². The van der Waals surface area contributed by atoms with Crippen molar-refractivity contribution in [3.63, 3.8) is 0 Å². The molecule has 0 aromatic rings. The number of ether oxygens (including phenoxy) is 1. The summed E-state index contributed by atoms with van der Waals surface area (Å²) in [5.74, 6) is 0. The molecule has 3 rings (SSSR count). The van der Waals surface area contributed by atoms with E-state index in [1.165, 1.54) is 12.8 Å². The van der Waals surface area contributed by atoms with Gasteiger partial charge in [-0.25, -0.2) is 4.79 Å². The fraction of sp³-hybridized carbons (Fsp3) is 0.917. The molecule has 96 valence electrons. The third kappa shape index (κ3) is 2.13. The van der Waals surface area contributed by atoms with Crippen molar-refractivity contribution in [2.24, 2.45) is 0 Å². The van der Waals surface area contributed by atoms with Gasteiger partial charge in [0.1, 0.15) is 0 Å². The van der Waals surface area contributed by atoms with Crippen LogP contribution in [-0.4, -0.2) is 67.3 Å². The molecule has 0 bridgehead atoms. The van der Waals surface area contributed by atoms with Gasteiger partial charge in [-0.3, -0.25) is 4.90 Å². The molecule has 0 aromatic carbocycles. The third-order valence-electron chi connectivity index (χ3n) is 4.18. The van der Waals surface area contributed by atoms with E-state index in [1.807, 2.05) is 4.90 Å². The Kier molecular flexibility index (Phi) is 2.96. The molecule has 3 aliphatic rings. The lowest BCUT2D eigenvalue weighted by molar-refractivity contribution is 0.111. The summed E-state index contributed by atoms with van der Waals surface area (Å²) < 4.78 is 5.07. The Balaban J connectivity index is 1.61. The highest BCUT2D eigenvalue weighted by molar-refractivity contribution is 5.77. The minimum atomic E-state index is 0.0923. The number of likely N-dealkylation sites (tertiary alicyclic amines) is 1. The van der Waals surface area contributed by atoms with Crippen molar-refractivity contribution in [3.8, 4) is 0 Å². The van der Waals surface area contributed by atoms with Gasteiger partial charge in [-0.2, -0.15) is 0 Å². The van der Waals surface area contributed by atoms with Crippen LogP contribution >= 0.6 is 0 Å². The molecule has 17 heavy (non-hydrogen) atoms. The second-order valence-electron chi connectivity index (χ2n) is 5.32. The maximum absolute atomic E-state index is 11.9. The van der Waals surface area contributed by atoms with Crippen LogP contribution in [0, 0.1) is 0 Å². The Morgan fingerprint density at radius 2 is 2.24 bits per heavy atom. The number of hydrogen-bond donors (Lipinski definition) is 1. The van der Waals surface area contributed by atoms with Gasteiger partial charge in [0.05, 0.1) is 18.7 Å². The van der Waals surface area contributed by atoms with Gasteiger partial charge in [-0.15, -0.1) is 0 Å². The first-order chi connectivity index (χ1) is 8.29. The van der Waals surface area contributed by atoms with Crippen molar-refractivity contribution in [2.45, 2.75) is 37.4 Å². The van der Waals surface area contributed by atoms with Crippen LogP contribution < -0.4 is 5.32 Å². The zero-order valence-corrected chi connectivity index (χ0v) is 10.4. The third-order valence-corrected chi connectivity index (χ3v) is 4.18. The number of carbonyl (C=O) groups is 1. The van der Waals surface area contributed by atoms with Crippen LogP contribution in [0.3, 0.4) is 0 Å². The van der Waals surface area contributed by atoms with Gasteiger partial charge >= 0.3 is 6.03 Å². The van der Waals surface area contributed by atoms with E-state index in [4.69, 9.17) is 4.74 Å². The molecule has 0 spiro atoms. The Morgan fingerprint density at radius 1 is 1.41 bits per heavy atom. The predicted molar refractivity (Wildman–Crippen MR) is 63.9 cm³/mol. The van der Waals surface area contributed by atoms with E-state index in [9.17, 15) is 4.79 Å². The first-order valence-electron chi connectivity index (χ1n) is 6.59. The molecule has 1 N–H and O–H groups in total. The van der Waals surface area contributed by atoms with Crippen molar-refractivity contribution in [1.29, 1.82) is 0 Å². The van der Waals surface area contributed by atoms with Crippen molar-refractivity contribution in [3.05, 3.63) is 0 Å². The van der Waals surface area contributed by atoms with E-state index in [0.717, 1.165) is 25.6 Å². The van der Waals surface area contributed by atoms with Crippen molar-refractivity contribution < 1.29 is 9.53 Å². The number of nitrogens with zero attached hydrogens (tertiary/aromatic N) is 2. The number of hydrogen-bond acceptors (Lipinski definition) is 3. The minimum absolute atomic E-state index is 0.0923. The fourth-order valence-electron chi connectivity index (χ4n) is 3.10. The molecular formula is C12H21N3O2. The number of piperidine rings is 1. The number of methoxy groups -OCH3 is 1. The molecule has 5 nitrogen and oxygen atoms in total. The molecule has 2 atom stereocenters. The summed E-state index contributed by atoms with van der Waals surface area (Å²) in [7, 11) is 1.68. The average Bonchev–Trinajstić information content (AvgIpc) is 3.11. The zero-order valence-electron chi connectivity index (χ0n) is 10.4. The number of fused-ring (bicyclic) bond motifs is 1. The highest BCUT2D eigenvalue weighted by Gasteiger charge is 2.44. The molecule has 0 aromatic heterocycles. The largest absolute Gasteiger partial charge is 0.383 e. The van der Waals surface area contributed by atoms with Crippen molar-refractivity contribution >= 4 is 6.03 Å². The molecule has 1 aliphatic carbocycles. The molecule has 2 heterocycles. The summed E-state index contributed by atoms with van der Waals surface area (Å²) >= 11 is 0. The molecule has 1 saturated carbocycles. The van der Waals surface area contributed by atoms with Crippen LogP contribution in [-0.2, 0) is 4.74 Å². The topological polar surface area (TPSA) is 44.8 Å². The van der Waals surface area contributed by atoms with Gasteiger partial charge in [0.25, 0.3) is 0 Å². The number of nitrogens with one attached hydrogen (secondary N) is 1. The summed E-state index contributed by atoms with van der Waals surface area (Å²) in [6.07, 6.45) is 3.79. The van der Waals surface area contributed by atoms with Crippen LogP contribution in [0.1, 0.15) is 19.3 Å². The van der Waals surface area contributed by atoms with E-state index in [0.29, 0.717) is 25.2 Å². The van der Waals surface area contributed by atoms with E-state index >= 15 is 0 Å². The number of urea groups is 1. The maximum atomic E-state index is 11.9. The average molecular weight is 239 g/mol. The molecule has 2 aliphatic heterocycles. The Morgan fingerprint density at radius 3 is 2.94 bits per heavy atom. The van der Waals surface area contributed by atoms with E-state index in [2.05, 4.69) is 10.2 Å². The molecule has 2 saturated heterocycles. The SMILES string of the molecule is COCCN1C(=O)N[C@H]2CN(C3CC3)CC[C@H]21. The maximum Gasteiger partial charge on any atom is 0.318 e. The van der Waals surface area contributed by atoms with Gasteiger partial charge in [0, 0.05) is 32.8 Å². The Labute approximate surface area is 102 Å². The minimum Gasteiger partial charge on any atom is -0.383 e. The number of carbonyl (C=O) groups excluding carboxylic acids is 1. The van der Waals surface area contributed by atoms with E-state index in [-0.39, 0.29) is 6.03 Å². The molecule has 2 amide bonds. The summed E-state index contributed by atoms with van der Waals surface area (Å²) in [4.78, 5) is 16.4. The monoisotopic (exact) mass is 239 g/mol. The van der Waals surface area contributed by atoms with Crippen molar-refractivity contribution in [2.75, 3.05) is 33.4 Å². The molecule has 5 heteroatoms.